The number of rotatable bonds is 3. The quantitative estimate of drug-likeness (QED) is 0.483. The van der Waals surface area contributed by atoms with Gasteiger partial charge in [0.2, 0.25) is 0 Å². The molecule has 0 spiro atoms. The first-order valence-electron chi connectivity index (χ1n) is 5.18. The topological polar surface area (TPSA) is 86.7 Å². The lowest BCUT2D eigenvalue weighted by Gasteiger charge is -2.08. The van der Waals surface area contributed by atoms with E-state index in [9.17, 15) is 10.1 Å². The van der Waals surface area contributed by atoms with Crippen LogP contribution < -0.4 is 0 Å². The lowest BCUT2D eigenvalue weighted by atomic mass is 10.2. The molecule has 7 nitrogen and oxygen atoms in total. The second-order valence-electron chi connectivity index (χ2n) is 3.79. The lowest BCUT2D eigenvalue weighted by molar-refractivity contribution is -0.384. The highest BCUT2D eigenvalue weighted by Gasteiger charge is 2.16. The van der Waals surface area contributed by atoms with Crippen molar-refractivity contribution >= 4 is 17.3 Å². The summed E-state index contributed by atoms with van der Waals surface area (Å²) in [6.45, 7) is 3.51. The number of benzene rings is 1. The average Bonchev–Trinajstić information content (AvgIpc) is 2.77. The number of hydrogen-bond donors (Lipinski definition) is 0. The van der Waals surface area contributed by atoms with E-state index in [0.29, 0.717) is 17.1 Å². The number of tetrazole rings is 1. The molecule has 1 atom stereocenters. The van der Waals surface area contributed by atoms with E-state index < -0.39 is 4.92 Å². The molecule has 2 aromatic rings. The third-order valence-electron chi connectivity index (χ3n) is 2.47. The van der Waals surface area contributed by atoms with Crippen LogP contribution in [0, 0.1) is 17.0 Å². The molecule has 0 fully saturated rings. The number of non-ortho nitro benzene ring substituents is 1. The van der Waals surface area contributed by atoms with Gasteiger partial charge in [-0.05, 0) is 35.9 Å². The Morgan fingerprint density at radius 3 is 2.78 bits per heavy atom. The SMILES string of the molecule is Cc1cc([N+](=O)[O-])ccc1-n1nnnc1C(C)Cl. The van der Waals surface area contributed by atoms with Gasteiger partial charge in [-0.1, -0.05) is 0 Å². The maximum atomic E-state index is 10.7. The van der Waals surface area contributed by atoms with E-state index >= 15 is 0 Å². The van der Waals surface area contributed by atoms with Crippen molar-refractivity contribution in [2.24, 2.45) is 0 Å². The van der Waals surface area contributed by atoms with Crippen LogP contribution in [0.15, 0.2) is 18.2 Å². The zero-order valence-corrected chi connectivity index (χ0v) is 10.5. The van der Waals surface area contributed by atoms with Crippen LogP contribution in [0.3, 0.4) is 0 Å². The molecule has 94 valence electrons. The van der Waals surface area contributed by atoms with Crippen molar-refractivity contribution in [1.29, 1.82) is 0 Å². The minimum Gasteiger partial charge on any atom is -0.258 e. The largest absolute Gasteiger partial charge is 0.269 e. The number of nitro groups is 1. The van der Waals surface area contributed by atoms with Crippen molar-refractivity contribution in [3.63, 3.8) is 0 Å². The van der Waals surface area contributed by atoms with E-state index in [2.05, 4.69) is 15.5 Å². The normalized spacial score (nSPS) is 12.4. The fourth-order valence-electron chi connectivity index (χ4n) is 1.60. The Morgan fingerprint density at radius 2 is 2.22 bits per heavy atom. The molecule has 0 radical (unpaired) electrons. The Balaban J connectivity index is 2.51. The van der Waals surface area contributed by atoms with E-state index in [0.717, 1.165) is 0 Å². The number of hydrogen-bond acceptors (Lipinski definition) is 5. The van der Waals surface area contributed by atoms with Gasteiger partial charge in [-0.3, -0.25) is 10.1 Å². The maximum Gasteiger partial charge on any atom is 0.269 e. The fraction of sp³-hybridized carbons (Fsp3) is 0.300. The van der Waals surface area contributed by atoms with Gasteiger partial charge in [0, 0.05) is 12.1 Å². The first kappa shape index (κ1) is 12.4. The zero-order chi connectivity index (χ0) is 13.3. The Kier molecular flexibility index (Phi) is 3.24. The van der Waals surface area contributed by atoms with Crippen molar-refractivity contribution in [1.82, 2.24) is 20.2 Å². The third kappa shape index (κ3) is 2.17. The molecule has 2 rings (SSSR count). The Labute approximate surface area is 108 Å². The molecule has 0 saturated carbocycles. The molecule has 8 heteroatoms. The molecular formula is C10H10ClN5O2. The highest BCUT2D eigenvalue weighted by molar-refractivity contribution is 6.20. The minimum absolute atomic E-state index is 0.0322. The van der Waals surface area contributed by atoms with Gasteiger partial charge in [0.15, 0.2) is 5.82 Å². The van der Waals surface area contributed by atoms with Crippen LogP contribution in [0.25, 0.3) is 5.69 Å². The second-order valence-corrected chi connectivity index (χ2v) is 4.45. The predicted octanol–water partition coefficient (Wildman–Crippen LogP) is 2.18. The summed E-state index contributed by atoms with van der Waals surface area (Å²) in [6, 6.07) is 4.49. The zero-order valence-electron chi connectivity index (χ0n) is 9.74. The van der Waals surface area contributed by atoms with E-state index in [1.165, 1.54) is 16.8 Å². The first-order valence-corrected chi connectivity index (χ1v) is 5.62. The number of aromatic nitrogens is 4. The van der Waals surface area contributed by atoms with Gasteiger partial charge < -0.3 is 0 Å². The van der Waals surface area contributed by atoms with Crippen molar-refractivity contribution in [3.05, 3.63) is 39.7 Å². The van der Waals surface area contributed by atoms with Gasteiger partial charge in [-0.2, -0.15) is 4.68 Å². The predicted molar refractivity (Wildman–Crippen MR) is 64.8 cm³/mol. The van der Waals surface area contributed by atoms with Gasteiger partial charge in [-0.15, -0.1) is 16.7 Å². The monoisotopic (exact) mass is 267 g/mol. The number of nitro benzene ring substituents is 1. The minimum atomic E-state index is -0.443. The molecule has 0 aliphatic heterocycles. The summed E-state index contributed by atoms with van der Waals surface area (Å²) >= 11 is 5.96. The van der Waals surface area contributed by atoms with Crippen LogP contribution >= 0.6 is 11.6 Å². The average molecular weight is 268 g/mol. The third-order valence-corrected chi connectivity index (χ3v) is 2.66. The van der Waals surface area contributed by atoms with Gasteiger partial charge >= 0.3 is 0 Å². The molecule has 0 aliphatic carbocycles. The van der Waals surface area contributed by atoms with Crippen LogP contribution in [0.1, 0.15) is 23.7 Å². The standard InChI is InChI=1S/C10H10ClN5O2/c1-6-5-8(16(17)18)3-4-9(6)15-10(7(2)11)12-13-14-15/h3-5,7H,1-2H3. The molecule has 1 unspecified atom stereocenters. The van der Waals surface area contributed by atoms with E-state index in [-0.39, 0.29) is 11.1 Å². The molecule has 0 N–H and O–H groups in total. The molecule has 18 heavy (non-hydrogen) atoms. The van der Waals surface area contributed by atoms with Crippen molar-refractivity contribution in [2.45, 2.75) is 19.2 Å². The molecule has 0 saturated heterocycles. The van der Waals surface area contributed by atoms with Crippen LogP contribution in [0.5, 0.6) is 0 Å². The smallest absolute Gasteiger partial charge is 0.258 e. The molecule has 0 aliphatic rings. The summed E-state index contributed by atoms with van der Waals surface area (Å²) in [7, 11) is 0. The number of aryl methyl sites for hydroxylation is 1. The van der Waals surface area contributed by atoms with Gasteiger partial charge in [0.1, 0.15) is 0 Å². The number of halogens is 1. The maximum absolute atomic E-state index is 10.7. The number of nitrogens with zero attached hydrogens (tertiary/aromatic N) is 5. The van der Waals surface area contributed by atoms with Crippen LogP contribution in [0.2, 0.25) is 0 Å². The van der Waals surface area contributed by atoms with Crippen molar-refractivity contribution < 1.29 is 4.92 Å². The highest BCUT2D eigenvalue weighted by atomic mass is 35.5. The van der Waals surface area contributed by atoms with Crippen molar-refractivity contribution in [3.8, 4) is 5.69 Å². The summed E-state index contributed by atoms with van der Waals surface area (Å²) < 4.78 is 1.48. The summed E-state index contributed by atoms with van der Waals surface area (Å²) in [6.07, 6.45) is 0. The highest BCUT2D eigenvalue weighted by Crippen LogP contribution is 2.23. The van der Waals surface area contributed by atoms with Crippen molar-refractivity contribution in [2.75, 3.05) is 0 Å². The van der Waals surface area contributed by atoms with Gasteiger partial charge in [0.05, 0.1) is 16.0 Å². The van der Waals surface area contributed by atoms with E-state index in [4.69, 9.17) is 11.6 Å². The van der Waals surface area contributed by atoms with Crippen LogP contribution in [-0.4, -0.2) is 25.1 Å². The van der Waals surface area contributed by atoms with Gasteiger partial charge in [0.25, 0.3) is 5.69 Å². The molecule has 0 bridgehead atoms. The molecule has 1 aromatic carbocycles. The number of alkyl halides is 1. The molecule has 1 aromatic heterocycles. The van der Waals surface area contributed by atoms with E-state index in [1.807, 2.05) is 0 Å². The van der Waals surface area contributed by atoms with Crippen LogP contribution in [0.4, 0.5) is 5.69 Å². The summed E-state index contributed by atoms with van der Waals surface area (Å²) in [5, 5.41) is 21.5. The lowest BCUT2D eigenvalue weighted by Crippen LogP contribution is -2.06. The summed E-state index contributed by atoms with van der Waals surface area (Å²) in [5.41, 5.74) is 1.41. The first-order chi connectivity index (χ1) is 8.50. The molecular weight excluding hydrogens is 258 g/mol. The van der Waals surface area contributed by atoms with E-state index in [1.54, 1.807) is 19.9 Å². The molecule has 1 heterocycles. The Morgan fingerprint density at radius 1 is 1.50 bits per heavy atom. The van der Waals surface area contributed by atoms with Gasteiger partial charge in [-0.25, -0.2) is 0 Å². The summed E-state index contributed by atoms with van der Waals surface area (Å²) in [4.78, 5) is 10.2. The Hall–Kier alpha value is -2.02. The molecule has 0 amide bonds. The fourth-order valence-corrected chi connectivity index (χ4v) is 1.74. The second kappa shape index (κ2) is 4.69. The summed E-state index contributed by atoms with van der Waals surface area (Å²) in [5.74, 6) is 0.494. The Bertz CT molecular complexity index is 596. The van der Waals surface area contributed by atoms with Crippen LogP contribution in [-0.2, 0) is 0 Å².